The zero-order chi connectivity index (χ0) is 11.3. The van der Waals surface area contributed by atoms with Gasteiger partial charge in [-0.05, 0) is 24.5 Å². The molecule has 0 saturated heterocycles. The maximum atomic E-state index is 10.8. The van der Waals surface area contributed by atoms with Gasteiger partial charge in [-0.15, -0.1) is 0 Å². The minimum atomic E-state index is -0.827. The Balaban J connectivity index is 2.56. The van der Waals surface area contributed by atoms with E-state index in [2.05, 4.69) is 0 Å². The molecule has 1 aromatic rings. The quantitative estimate of drug-likeness (QED) is 0.799. The molecule has 0 fully saturated rings. The lowest BCUT2D eigenvalue weighted by atomic mass is 10.0. The largest absolute Gasteiger partial charge is 0.481 e. The first kappa shape index (κ1) is 11.4. The Labute approximate surface area is 88.7 Å². The van der Waals surface area contributed by atoms with E-state index in [0.717, 1.165) is 17.5 Å². The predicted molar refractivity (Wildman–Crippen MR) is 56.8 cm³/mol. The van der Waals surface area contributed by atoms with Crippen LogP contribution in [0.25, 0.3) is 0 Å². The molecule has 0 aliphatic heterocycles. The van der Waals surface area contributed by atoms with Crippen LogP contribution in [0.3, 0.4) is 0 Å². The van der Waals surface area contributed by atoms with Crippen molar-refractivity contribution >= 4 is 11.8 Å². The molecule has 3 heteroatoms. The van der Waals surface area contributed by atoms with Gasteiger partial charge in [0.25, 0.3) is 0 Å². The number of carboxylic acid groups (broad SMARTS) is 1. The highest BCUT2D eigenvalue weighted by Gasteiger charge is 2.01. The van der Waals surface area contributed by atoms with Crippen LogP contribution in [-0.4, -0.2) is 16.9 Å². The summed E-state index contributed by atoms with van der Waals surface area (Å²) < 4.78 is 0. The van der Waals surface area contributed by atoms with Crippen molar-refractivity contribution in [2.24, 2.45) is 0 Å². The molecule has 3 nitrogen and oxygen atoms in total. The maximum absolute atomic E-state index is 10.8. The van der Waals surface area contributed by atoms with E-state index in [1.54, 1.807) is 19.1 Å². The summed E-state index contributed by atoms with van der Waals surface area (Å²) >= 11 is 0. The fourth-order valence-corrected chi connectivity index (χ4v) is 1.32. The molecular weight excluding hydrogens is 192 g/mol. The number of rotatable bonds is 5. The van der Waals surface area contributed by atoms with Crippen molar-refractivity contribution in [3.05, 3.63) is 35.4 Å². The molecule has 0 bridgehead atoms. The molecule has 0 aromatic heterocycles. The molecule has 1 N–H and O–H groups in total. The molecule has 1 rings (SSSR count). The Bertz CT molecular complexity index is 352. The molecular formula is C12H14O3. The van der Waals surface area contributed by atoms with Gasteiger partial charge in [0, 0.05) is 6.42 Å². The lowest BCUT2D eigenvalue weighted by Gasteiger charge is -2.01. The number of benzene rings is 1. The van der Waals surface area contributed by atoms with E-state index in [4.69, 9.17) is 5.11 Å². The highest BCUT2D eigenvalue weighted by molar-refractivity contribution is 5.75. The highest BCUT2D eigenvalue weighted by Crippen LogP contribution is 2.07. The smallest absolute Gasteiger partial charge is 0.307 e. The number of hydrogen-bond donors (Lipinski definition) is 1. The van der Waals surface area contributed by atoms with Crippen LogP contribution in [0.1, 0.15) is 24.5 Å². The standard InChI is InChI=1S/C12H14O3/c1-9(13)2-3-10-4-6-11(7-5-10)8-12(14)15/h4-7H,2-3,8H2,1H3,(H,14,15). The summed E-state index contributed by atoms with van der Waals surface area (Å²) in [6, 6.07) is 7.34. The molecule has 0 unspecified atom stereocenters. The second-order valence-electron chi connectivity index (χ2n) is 3.59. The summed E-state index contributed by atoms with van der Waals surface area (Å²) in [5, 5.41) is 8.57. The molecule has 0 aliphatic rings. The molecule has 1 aromatic carbocycles. The third kappa shape index (κ3) is 4.40. The van der Waals surface area contributed by atoms with E-state index in [9.17, 15) is 9.59 Å². The SMILES string of the molecule is CC(=O)CCc1ccc(CC(=O)O)cc1. The van der Waals surface area contributed by atoms with E-state index in [0.29, 0.717) is 6.42 Å². The molecule has 0 radical (unpaired) electrons. The zero-order valence-corrected chi connectivity index (χ0v) is 8.69. The van der Waals surface area contributed by atoms with Gasteiger partial charge in [0.1, 0.15) is 5.78 Å². The molecule has 0 saturated carbocycles. The first-order valence-corrected chi connectivity index (χ1v) is 4.87. The lowest BCUT2D eigenvalue weighted by Crippen LogP contribution is -2.00. The van der Waals surface area contributed by atoms with Gasteiger partial charge in [0.2, 0.25) is 0 Å². The van der Waals surface area contributed by atoms with E-state index in [1.165, 1.54) is 0 Å². The summed E-state index contributed by atoms with van der Waals surface area (Å²) in [5.41, 5.74) is 1.86. The van der Waals surface area contributed by atoms with Crippen molar-refractivity contribution in [2.45, 2.75) is 26.2 Å². The van der Waals surface area contributed by atoms with E-state index < -0.39 is 5.97 Å². The van der Waals surface area contributed by atoms with Gasteiger partial charge >= 0.3 is 5.97 Å². The van der Waals surface area contributed by atoms with Crippen molar-refractivity contribution in [1.82, 2.24) is 0 Å². The van der Waals surface area contributed by atoms with Gasteiger partial charge in [0.15, 0.2) is 0 Å². The summed E-state index contributed by atoms with van der Waals surface area (Å²) in [6.07, 6.45) is 1.31. The number of carbonyl (C=O) groups excluding carboxylic acids is 1. The average molecular weight is 206 g/mol. The predicted octanol–water partition coefficient (Wildman–Crippen LogP) is 1.84. The Morgan fingerprint density at radius 1 is 1.13 bits per heavy atom. The zero-order valence-electron chi connectivity index (χ0n) is 8.69. The average Bonchev–Trinajstić information content (AvgIpc) is 2.16. The van der Waals surface area contributed by atoms with Gasteiger partial charge in [-0.3, -0.25) is 4.79 Å². The van der Waals surface area contributed by atoms with Crippen LogP contribution in [0, 0.1) is 0 Å². The van der Waals surface area contributed by atoms with E-state index in [1.807, 2.05) is 12.1 Å². The first-order valence-electron chi connectivity index (χ1n) is 4.87. The molecule has 15 heavy (non-hydrogen) atoms. The summed E-state index contributed by atoms with van der Waals surface area (Å²) in [6.45, 7) is 1.57. The van der Waals surface area contributed by atoms with Crippen molar-refractivity contribution in [3.8, 4) is 0 Å². The van der Waals surface area contributed by atoms with Crippen LogP contribution in [0.5, 0.6) is 0 Å². The summed E-state index contributed by atoms with van der Waals surface area (Å²) in [4.78, 5) is 21.2. The maximum Gasteiger partial charge on any atom is 0.307 e. The summed E-state index contributed by atoms with van der Waals surface area (Å²) in [5.74, 6) is -0.656. The van der Waals surface area contributed by atoms with Crippen LogP contribution in [0.15, 0.2) is 24.3 Å². The van der Waals surface area contributed by atoms with E-state index in [-0.39, 0.29) is 12.2 Å². The number of ketones is 1. The molecule has 0 amide bonds. The van der Waals surface area contributed by atoms with Crippen LogP contribution < -0.4 is 0 Å². The van der Waals surface area contributed by atoms with Crippen molar-refractivity contribution < 1.29 is 14.7 Å². The second-order valence-corrected chi connectivity index (χ2v) is 3.59. The fourth-order valence-electron chi connectivity index (χ4n) is 1.32. The minimum absolute atomic E-state index is 0.0486. The van der Waals surface area contributed by atoms with Crippen molar-refractivity contribution in [2.75, 3.05) is 0 Å². The second kappa shape index (κ2) is 5.29. The number of carboxylic acids is 1. The minimum Gasteiger partial charge on any atom is -0.481 e. The van der Waals surface area contributed by atoms with Crippen LogP contribution in [-0.2, 0) is 22.4 Å². The number of carbonyl (C=O) groups is 2. The van der Waals surface area contributed by atoms with Crippen LogP contribution >= 0.6 is 0 Å². The third-order valence-corrected chi connectivity index (χ3v) is 2.14. The molecule has 0 heterocycles. The van der Waals surface area contributed by atoms with Gasteiger partial charge in [-0.2, -0.15) is 0 Å². The van der Waals surface area contributed by atoms with Crippen molar-refractivity contribution in [3.63, 3.8) is 0 Å². The number of hydrogen-bond acceptors (Lipinski definition) is 2. The Hall–Kier alpha value is -1.64. The van der Waals surface area contributed by atoms with Crippen LogP contribution in [0.2, 0.25) is 0 Å². The highest BCUT2D eigenvalue weighted by atomic mass is 16.4. The fraction of sp³-hybridized carbons (Fsp3) is 0.333. The van der Waals surface area contributed by atoms with Gasteiger partial charge in [-0.1, -0.05) is 24.3 Å². The molecule has 0 aliphatic carbocycles. The molecule has 0 spiro atoms. The number of aryl methyl sites for hydroxylation is 1. The van der Waals surface area contributed by atoms with Gasteiger partial charge in [-0.25, -0.2) is 0 Å². The Morgan fingerprint density at radius 2 is 1.67 bits per heavy atom. The Morgan fingerprint density at radius 3 is 2.13 bits per heavy atom. The number of Topliss-reactive ketones (excluding diaryl/α,β-unsaturated/α-hetero) is 1. The number of aliphatic carboxylic acids is 1. The van der Waals surface area contributed by atoms with E-state index >= 15 is 0 Å². The molecule has 0 atom stereocenters. The van der Waals surface area contributed by atoms with Crippen molar-refractivity contribution in [1.29, 1.82) is 0 Å². The summed E-state index contributed by atoms with van der Waals surface area (Å²) in [7, 11) is 0. The third-order valence-electron chi connectivity index (χ3n) is 2.14. The monoisotopic (exact) mass is 206 g/mol. The normalized spacial score (nSPS) is 9.93. The molecule has 80 valence electrons. The van der Waals surface area contributed by atoms with Crippen LogP contribution in [0.4, 0.5) is 0 Å². The first-order chi connectivity index (χ1) is 7.08. The lowest BCUT2D eigenvalue weighted by molar-refractivity contribution is -0.136. The van der Waals surface area contributed by atoms with Gasteiger partial charge < -0.3 is 9.90 Å². The van der Waals surface area contributed by atoms with Gasteiger partial charge in [0.05, 0.1) is 6.42 Å². The topological polar surface area (TPSA) is 54.4 Å². The Kier molecular flexibility index (Phi) is 4.03.